The van der Waals surface area contributed by atoms with Gasteiger partial charge in [0.1, 0.15) is 11.6 Å². The first-order valence-electron chi connectivity index (χ1n) is 4.43. The number of rotatable bonds is 4. The molecular weight excluding hydrogens is 184 g/mol. The summed E-state index contributed by atoms with van der Waals surface area (Å²) in [7, 11) is 0. The molecule has 0 aliphatic heterocycles. The highest BCUT2D eigenvalue weighted by molar-refractivity contribution is 7.80. The van der Waals surface area contributed by atoms with E-state index in [4.69, 9.17) is 0 Å². The minimum atomic E-state index is -0.372. The van der Waals surface area contributed by atoms with E-state index in [1.807, 2.05) is 20.8 Å². The molecule has 1 atom stereocenters. The van der Waals surface area contributed by atoms with Gasteiger partial charge in [-0.1, -0.05) is 20.8 Å². The zero-order valence-electron chi connectivity index (χ0n) is 8.76. The third-order valence-corrected chi connectivity index (χ3v) is 2.31. The minimum absolute atomic E-state index is 0.0525. The Hall–Kier alpha value is -0.310. The fraction of sp³-hybridized carbons (Fsp3) is 0.800. The maximum atomic E-state index is 11.7. The lowest BCUT2D eigenvalue weighted by atomic mass is 9.82. The van der Waals surface area contributed by atoms with Gasteiger partial charge in [-0.15, -0.1) is 0 Å². The van der Waals surface area contributed by atoms with Crippen molar-refractivity contribution in [3.63, 3.8) is 0 Å². The zero-order chi connectivity index (χ0) is 10.6. The largest absolute Gasteiger partial charge is 0.300 e. The minimum Gasteiger partial charge on any atom is -0.300 e. The number of hydrogen-bond acceptors (Lipinski definition) is 3. The average Bonchev–Trinajstić information content (AvgIpc) is 1.96. The standard InChI is InChI=1S/C10H18O2S/c1-7(11)5-8(6-13)9(12)10(2,3)4/h8,13H,5-6H2,1-4H3. The number of Topliss-reactive ketones (excluding diaryl/α,β-unsaturated/α-hetero) is 2. The molecule has 0 fully saturated rings. The monoisotopic (exact) mass is 202 g/mol. The molecule has 0 saturated heterocycles. The van der Waals surface area contributed by atoms with E-state index in [2.05, 4.69) is 12.6 Å². The second-order valence-corrected chi connectivity index (χ2v) is 4.77. The van der Waals surface area contributed by atoms with Crippen molar-refractivity contribution in [2.75, 3.05) is 5.75 Å². The number of hydrogen-bond donors (Lipinski definition) is 1. The molecule has 0 aliphatic rings. The third-order valence-electron chi connectivity index (χ3n) is 1.86. The lowest BCUT2D eigenvalue weighted by Gasteiger charge is -2.22. The zero-order valence-corrected chi connectivity index (χ0v) is 9.65. The van der Waals surface area contributed by atoms with Crippen LogP contribution >= 0.6 is 12.6 Å². The molecule has 0 rings (SSSR count). The van der Waals surface area contributed by atoms with E-state index in [1.165, 1.54) is 6.92 Å². The fourth-order valence-corrected chi connectivity index (χ4v) is 1.49. The first kappa shape index (κ1) is 12.7. The van der Waals surface area contributed by atoms with Crippen LogP contribution < -0.4 is 0 Å². The van der Waals surface area contributed by atoms with Gasteiger partial charge in [0.15, 0.2) is 0 Å². The van der Waals surface area contributed by atoms with Crippen molar-refractivity contribution in [1.29, 1.82) is 0 Å². The molecule has 1 unspecified atom stereocenters. The second kappa shape index (κ2) is 4.80. The molecule has 0 bridgehead atoms. The molecule has 0 aliphatic carbocycles. The summed E-state index contributed by atoms with van der Waals surface area (Å²) in [5.74, 6) is 0.408. The number of carbonyl (C=O) groups excluding carboxylic acids is 2. The summed E-state index contributed by atoms with van der Waals surface area (Å²) in [5.41, 5.74) is -0.372. The van der Waals surface area contributed by atoms with Gasteiger partial charge in [0.05, 0.1) is 0 Å². The van der Waals surface area contributed by atoms with Crippen LogP contribution in [-0.4, -0.2) is 17.3 Å². The highest BCUT2D eigenvalue weighted by Crippen LogP contribution is 2.23. The summed E-state index contributed by atoms with van der Waals surface area (Å²) in [4.78, 5) is 22.6. The van der Waals surface area contributed by atoms with Gasteiger partial charge in [0.25, 0.3) is 0 Å². The maximum Gasteiger partial charge on any atom is 0.142 e. The maximum absolute atomic E-state index is 11.7. The van der Waals surface area contributed by atoms with Gasteiger partial charge in [-0.25, -0.2) is 0 Å². The molecule has 2 nitrogen and oxygen atoms in total. The molecule has 3 heteroatoms. The SMILES string of the molecule is CC(=O)CC(CS)C(=O)C(C)(C)C. The van der Waals surface area contributed by atoms with E-state index < -0.39 is 0 Å². The molecule has 0 spiro atoms. The Bertz CT molecular complexity index is 203. The van der Waals surface area contributed by atoms with E-state index in [-0.39, 0.29) is 22.9 Å². The van der Waals surface area contributed by atoms with E-state index in [1.54, 1.807) is 0 Å². The van der Waals surface area contributed by atoms with Crippen LogP contribution in [0.4, 0.5) is 0 Å². The summed E-state index contributed by atoms with van der Waals surface area (Å²) in [6, 6.07) is 0. The Morgan fingerprint density at radius 2 is 1.77 bits per heavy atom. The quantitative estimate of drug-likeness (QED) is 0.709. The lowest BCUT2D eigenvalue weighted by molar-refractivity contribution is -0.132. The van der Waals surface area contributed by atoms with Crippen LogP contribution in [0.5, 0.6) is 0 Å². The van der Waals surface area contributed by atoms with Crippen molar-refractivity contribution < 1.29 is 9.59 Å². The van der Waals surface area contributed by atoms with Crippen molar-refractivity contribution in [2.45, 2.75) is 34.1 Å². The van der Waals surface area contributed by atoms with Gasteiger partial charge in [0, 0.05) is 23.5 Å². The molecule has 0 N–H and O–H groups in total. The molecule has 0 aromatic heterocycles. The van der Waals surface area contributed by atoms with Gasteiger partial charge in [-0.2, -0.15) is 12.6 Å². The van der Waals surface area contributed by atoms with Crippen LogP contribution in [0, 0.1) is 11.3 Å². The van der Waals surface area contributed by atoms with Crippen LogP contribution in [0.1, 0.15) is 34.1 Å². The van der Waals surface area contributed by atoms with Crippen LogP contribution in [-0.2, 0) is 9.59 Å². The van der Waals surface area contributed by atoms with Crippen molar-refractivity contribution in [3.8, 4) is 0 Å². The van der Waals surface area contributed by atoms with Crippen molar-refractivity contribution in [2.24, 2.45) is 11.3 Å². The highest BCUT2D eigenvalue weighted by atomic mass is 32.1. The van der Waals surface area contributed by atoms with E-state index in [9.17, 15) is 9.59 Å². The van der Waals surface area contributed by atoms with Gasteiger partial charge < -0.3 is 4.79 Å². The molecule has 0 amide bonds. The average molecular weight is 202 g/mol. The molecule has 0 aromatic rings. The van der Waals surface area contributed by atoms with E-state index in [0.717, 1.165) is 0 Å². The summed E-state index contributed by atoms with van der Waals surface area (Å²) < 4.78 is 0. The van der Waals surface area contributed by atoms with Gasteiger partial charge >= 0.3 is 0 Å². The first-order chi connectivity index (χ1) is 5.79. The lowest BCUT2D eigenvalue weighted by Crippen LogP contribution is -2.30. The van der Waals surface area contributed by atoms with Gasteiger partial charge in [-0.05, 0) is 6.92 Å². The second-order valence-electron chi connectivity index (χ2n) is 4.40. The molecule has 0 saturated carbocycles. The van der Waals surface area contributed by atoms with Crippen LogP contribution in [0.25, 0.3) is 0 Å². The molecular formula is C10H18O2S. The molecule has 0 radical (unpaired) electrons. The van der Waals surface area contributed by atoms with Gasteiger partial charge in [-0.3, -0.25) is 4.79 Å². The van der Waals surface area contributed by atoms with Crippen molar-refractivity contribution in [3.05, 3.63) is 0 Å². The third kappa shape index (κ3) is 4.46. The van der Waals surface area contributed by atoms with Gasteiger partial charge in [0.2, 0.25) is 0 Å². The fourth-order valence-electron chi connectivity index (χ4n) is 1.20. The molecule has 0 aromatic carbocycles. The molecule has 13 heavy (non-hydrogen) atoms. The Morgan fingerprint density at radius 1 is 1.31 bits per heavy atom. The smallest absolute Gasteiger partial charge is 0.142 e. The van der Waals surface area contributed by atoms with Crippen LogP contribution in [0.3, 0.4) is 0 Å². The van der Waals surface area contributed by atoms with Crippen molar-refractivity contribution >= 4 is 24.2 Å². The van der Waals surface area contributed by atoms with Crippen molar-refractivity contribution in [1.82, 2.24) is 0 Å². The summed E-state index contributed by atoms with van der Waals surface area (Å²) in [6.45, 7) is 7.11. The van der Waals surface area contributed by atoms with E-state index in [0.29, 0.717) is 12.2 Å². The molecule has 0 heterocycles. The Kier molecular flexibility index (Phi) is 4.68. The number of carbonyl (C=O) groups is 2. The predicted octanol–water partition coefficient (Wildman–Crippen LogP) is 2.13. The van der Waals surface area contributed by atoms with Crippen LogP contribution in [0.15, 0.2) is 0 Å². The predicted molar refractivity (Wildman–Crippen MR) is 57.1 cm³/mol. The number of thiol groups is 1. The Balaban J connectivity index is 4.41. The Labute approximate surface area is 85.5 Å². The van der Waals surface area contributed by atoms with Crippen LogP contribution in [0.2, 0.25) is 0 Å². The Morgan fingerprint density at radius 3 is 2.00 bits per heavy atom. The summed E-state index contributed by atoms with van der Waals surface area (Å²) in [5, 5.41) is 0. The first-order valence-corrected chi connectivity index (χ1v) is 5.07. The molecule has 76 valence electrons. The number of ketones is 2. The summed E-state index contributed by atoms with van der Waals surface area (Å²) in [6.07, 6.45) is 0.319. The topological polar surface area (TPSA) is 34.1 Å². The summed E-state index contributed by atoms with van der Waals surface area (Å²) >= 11 is 4.09. The van der Waals surface area contributed by atoms with E-state index >= 15 is 0 Å². The normalized spacial score (nSPS) is 13.9. The highest BCUT2D eigenvalue weighted by Gasteiger charge is 2.29.